The molecule has 122 valence electrons. The molecule has 0 unspecified atom stereocenters. The van der Waals surface area contributed by atoms with E-state index in [1.54, 1.807) is 6.20 Å². The van der Waals surface area contributed by atoms with E-state index in [1.165, 1.54) is 0 Å². The minimum Gasteiger partial charge on any atom is -0.451 e. The van der Waals surface area contributed by atoms with Gasteiger partial charge in [-0.15, -0.1) is 0 Å². The third-order valence-corrected chi connectivity index (χ3v) is 4.27. The van der Waals surface area contributed by atoms with Crippen molar-refractivity contribution >= 4 is 11.0 Å². The highest BCUT2D eigenvalue weighted by molar-refractivity contribution is 5.77. The molecule has 0 aliphatic carbocycles. The first kappa shape index (κ1) is 15.0. The lowest BCUT2D eigenvalue weighted by Crippen LogP contribution is -2.33. The van der Waals surface area contributed by atoms with Gasteiger partial charge in [0.2, 0.25) is 0 Å². The minimum atomic E-state index is -0.648. The summed E-state index contributed by atoms with van der Waals surface area (Å²) in [4.78, 5) is 9.64. The zero-order valence-electron chi connectivity index (χ0n) is 13.3. The van der Waals surface area contributed by atoms with Crippen molar-refractivity contribution in [2.75, 3.05) is 13.1 Å². The summed E-state index contributed by atoms with van der Waals surface area (Å²) in [6.45, 7) is 2.28. The number of furan rings is 1. The van der Waals surface area contributed by atoms with Gasteiger partial charge >= 0.3 is 0 Å². The second-order valence-corrected chi connectivity index (χ2v) is 6.09. The van der Waals surface area contributed by atoms with Crippen LogP contribution >= 0.6 is 0 Å². The molecule has 0 bridgehead atoms. The highest BCUT2D eigenvalue weighted by Gasteiger charge is 2.19. The summed E-state index contributed by atoms with van der Waals surface area (Å²) in [5.41, 5.74) is 1.64. The molecule has 3 aromatic rings. The molecule has 5 heteroatoms. The molecule has 24 heavy (non-hydrogen) atoms. The quantitative estimate of drug-likeness (QED) is 0.734. The Morgan fingerprint density at radius 2 is 2.12 bits per heavy atom. The highest BCUT2D eigenvalue weighted by atomic mass is 19.1. The van der Waals surface area contributed by atoms with Crippen LogP contribution in [0.4, 0.5) is 4.39 Å². The maximum absolute atomic E-state index is 13.2. The number of H-pyrrole nitrogens is 1. The molecule has 4 rings (SSSR count). The van der Waals surface area contributed by atoms with Gasteiger partial charge in [0.1, 0.15) is 17.6 Å². The number of aromatic nitrogens is 2. The smallest absolute Gasteiger partial charge is 0.177 e. The first-order valence-electron chi connectivity index (χ1n) is 8.17. The van der Waals surface area contributed by atoms with E-state index < -0.39 is 6.17 Å². The molecule has 0 saturated carbocycles. The molecule has 1 N–H and O–H groups in total. The van der Waals surface area contributed by atoms with E-state index in [2.05, 4.69) is 26.7 Å². The number of likely N-dealkylation sites (tertiary alicyclic amines) is 1. The average molecular weight is 323 g/mol. The van der Waals surface area contributed by atoms with E-state index >= 15 is 0 Å². The molecule has 0 amide bonds. The lowest BCUT2D eigenvalue weighted by molar-refractivity contribution is 0.138. The summed E-state index contributed by atoms with van der Waals surface area (Å²) in [7, 11) is 0. The molecule has 0 radical (unpaired) electrons. The number of fused-ring (bicyclic) bond motifs is 1. The van der Waals surface area contributed by atoms with Gasteiger partial charge in [-0.1, -0.05) is 0 Å². The monoisotopic (exact) mass is 323 g/mol. The van der Waals surface area contributed by atoms with Crippen molar-refractivity contribution < 1.29 is 8.81 Å². The lowest BCUT2D eigenvalue weighted by Gasteiger charge is -2.27. The van der Waals surface area contributed by atoms with E-state index in [-0.39, 0.29) is 0 Å². The minimum absolute atomic E-state index is 0.613. The van der Waals surface area contributed by atoms with Crippen molar-refractivity contribution in [3.05, 3.63) is 53.7 Å². The molecule has 4 nitrogen and oxygen atoms in total. The van der Waals surface area contributed by atoms with E-state index in [9.17, 15) is 4.39 Å². The van der Waals surface area contributed by atoms with Gasteiger partial charge in [-0.25, -0.2) is 9.37 Å². The normalized spacial score (nSPS) is 16.2. The van der Waals surface area contributed by atoms with E-state index in [4.69, 9.17) is 4.42 Å². The topological polar surface area (TPSA) is 45.1 Å². The van der Waals surface area contributed by atoms with Gasteiger partial charge in [0.15, 0.2) is 5.76 Å². The molecule has 4 heterocycles. The van der Waals surface area contributed by atoms with Crippen molar-refractivity contribution in [3.63, 3.8) is 0 Å². The molecule has 1 fully saturated rings. The zero-order chi connectivity index (χ0) is 16.4. The first-order valence-corrected chi connectivity index (χ1v) is 8.17. The van der Waals surface area contributed by atoms with Crippen LogP contribution < -0.4 is 0 Å². The predicted octanol–water partition coefficient (Wildman–Crippen LogP) is 3.49. The van der Waals surface area contributed by atoms with Crippen molar-refractivity contribution in [2.45, 2.75) is 25.6 Å². The maximum atomic E-state index is 13.2. The van der Waals surface area contributed by atoms with Crippen LogP contribution in [0.15, 0.2) is 40.9 Å². The van der Waals surface area contributed by atoms with Crippen molar-refractivity contribution in [3.8, 4) is 11.8 Å². The van der Waals surface area contributed by atoms with Crippen LogP contribution in [-0.2, 0) is 6.54 Å². The molecule has 0 spiro atoms. The SMILES string of the molecule is FC1CCN(Cc2ccc(C#Cc3cc4cccnc4[nH]3)o2)CC1. The van der Waals surface area contributed by atoms with Gasteiger partial charge < -0.3 is 9.40 Å². The molecule has 1 saturated heterocycles. The molecule has 1 aliphatic rings. The average Bonchev–Trinajstić information content (AvgIpc) is 3.21. The molecule has 0 aromatic carbocycles. The highest BCUT2D eigenvalue weighted by Crippen LogP contribution is 2.17. The third-order valence-electron chi connectivity index (χ3n) is 4.27. The molecule has 0 atom stereocenters. The van der Waals surface area contributed by atoms with Crippen LogP contribution in [0.25, 0.3) is 11.0 Å². The fraction of sp³-hybridized carbons (Fsp3) is 0.316. The van der Waals surface area contributed by atoms with Crippen LogP contribution in [-0.4, -0.2) is 34.1 Å². The Balaban J connectivity index is 1.43. The van der Waals surface area contributed by atoms with Gasteiger partial charge in [-0.2, -0.15) is 0 Å². The zero-order valence-corrected chi connectivity index (χ0v) is 13.3. The lowest BCUT2D eigenvalue weighted by atomic mass is 10.1. The fourth-order valence-corrected chi connectivity index (χ4v) is 2.96. The van der Waals surface area contributed by atoms with Crippen LogP contribution in [0, 0.1) is 11.8 Å². The second-order valence-electron chi connectivity index (χ2n) is 6.09. The standard InChI is InChI=1S/C19H18FN3O/c20-15-7-10-23(11-8-15)13-18-6-5-17(24-18)4-3-16-12-14-2-1-9-21-19(14)22-16/h1-2,5-6,9,12,15H,7-8,10-11,13H2,(H,21,22). The molecule has 3 aromatic heterocycles. The fourth-order valence-electron chi connectivity index (χ4n) is 2.96. The predicted molar refractivity (Wildman–Crippen MR) is 90.2 cm³/mol. The Morgan fingerprint density at radius 3 is 2.96 bits per heavy atom. The van der Waals surface area contributed by atoms with Crippen LogP contribution in [0.3, 0.4) is 0 Å². The van der Waals surface area contributed by atoms with Crippen LogP contribution in [0.5, 0.6) is 0 Å². The van der Waals surface area contributed by atoms with Crippen LogP contribution in [0.1, 0.15) is 30.1 Å². The number of hydrogen-bond acceptors (Lipinski definition) is 3. The van der Waals surface area contributed by atoms with Gasteiger partial charge in [-0.3, -0.25) is 4.90 Å². The van der Waals surface area contributed by atoms with E-state index in [0.29, 0.717) is 25.1 Å². The Kier molecular flexibility index (Phi) is 4.06. The van der Waals surface area contributed by atoms with Gasteiger partial charge in [-0.05, 0) is 55.0 Å². The van der Waals surface area contributed by atoms with Crippen LogP contribution in [0.2, 0.25) is 0 Å². The maximum Gasteiger partial charge on any atom is 0.177 e. The summed E-state index contributed by atoms with van der Waals surface area (Å²) in [5.74, 6) is 7.61. The van der Waals surface area contributed by atoms with Gasteiger partial charge in [0.25, 0.3) is 0 Å². The number of alkyl halides is 1. The Bertz CT molecular complexity index is 861. The molecular weight excluding hydrogens is 305 g/mol. The Morgan fingerprint density at radius 1 is 1.25 bits per heavy atom. The van der Waals surface area contributed by atoms with E-state index in [1.807, 2.05) is 30.3 Å². The Hall–Kier alpha value is -2.58. The number of rotatable bonds is 2. The number of nitrogens with zero attached hydrogens (tertiary/aromatic N) is 2. The second kappa shape index (κ2) is 6.50. The molecular formula is C19H18FN3O. The first-order chi connectivity index (χ1) is 11.8. The number of nitrogens with one attached hydrogen (secondary N) is 1. The van der Waals surface area contributed by atoms with Gasteiger partial charge in [0, 0.05) is 24.7 Å². The van der Waals surface area contributed by atoms with Crippen molar-refractivity contribution in [2.24, 2.45) is 0 Å². The Labute approximate surface area is 139 Å². The summed E-state index contributed by atoms with van der Waals surface area (Å²) in [6, 6.07) is 9.69. The van der Waals surface area contributed by atoms with Crippen molar-refractivity contribution in [1.82, 2.24) is 14.9 Å². The number of piperidine rings is 1. The third kappa shape index (κ3) is 3.34. The summed E-state index contributed by atoms with van der Waals surface area (Å²) >= 11 is 0. The summed E-state index contributed by atoms with van der Waals surface area (Å²) in [5, 5.41) is 1.04. The number of hydrogen-bond donors (Lipinski definition) is 1. The van der Waals surface area contributed by atoms with Gasteiger partial charge in [0.05, 0.1) is 12.2 Å². The van der Waals surface area contributed by atoms with Crippen molar-refractivity contribution in [1.29, 1.82) is 0 Å². The van der Waals surface area contributed by atoms with E-state index in [0.717, 1.165) is 35.6 Å². The summed E-state index contributed by atoms with van der Waals surface area (Å²) in [6.07, 6.45) is 2.33. The largest absolute Gasteiger partial charge is 0.451 e. The summed E-state index contributed by atoms with van der Waals surface area (Å²) < 4.78 is 18.9. The molecule has 1 aliphatic heterocycles. The number of halogens is 1. The number of pyridine rings is 1. The number of aromatic amines is 1.